The molecule has 1 aromatic rings. The highest BCUT2D eigenvalue weighted by atomic mass is 16.2. The van der Waals surface area contributed by atoms with Crippen LogP contribution in [0.5, 0.6) is 0 Å². The smallest absolute Gasteiger partial charge is 0.224 e. The molecule has 0 radical (unpaired) electrons. The lowest BCUT2D eigenvalue weighted by atomic mass is 9.80. The number of hydrogen-bond acceptors (Lipinski definition) is 5. The van der Waals surface area contributed by atoms with E-state index < -0.39 is 12.1 Å². The van der Waals surface area contributed by atoms with Crippen molar-refractivity contribution in [1.82, 2.24) is 10.2 Å². The third-order valence-corrected chi connectivity index (χ3v) is 6.50. The number of hydrogen-bond donors (Lipinski definition) is 2. The van der Waals surface area contributed by atoms with E-state index in [0.29, 0.717) is 12.1 Å². The van der Waals surface area contributed by atoms with Crippen molar-refractivity contribution in [2.75, 3.05) is 18.4 Å². The number of aryl methyl sites for hydroxylation is 1. The van der Waals surface area contributed by atoms with Crippen LogP contribution in [-0.4, -0.2) is 53.7 Å². The topological polar surface area (TPSA) is 61.4 Å². The number of anilines is 1. The van der Waals surface area contributed by atoms with Gasteiger partial charge in [0.1, 0.15) is 12.1 Å². The molecule has 0 aromatic heterocycles. The van der Waals surface area contributed by atoms with Crippen molar-refractivity contribution in [3.8, 4) is 0 Å². The summed E-state index contributed by atoms with van der Waals surface area (Å²) in [4.78, 5) is 27.1. The Labute approximate surface area is 161 Å². The summed E-state index contributed by atoms with van der Waals surface area (Å²) < 4.78 is 0. The van der Waals surface area contributed by atoms with Crippen LogP contribution in [0.4, 0.5) is 5.69 Å². The highest BCUT2D eigenvalue weighted by Crippen LogP contribution is 2.28. The lowest BCUT2D eigenvalue weighted by Gasteiger charge is -2.45. The van der Waals surface area contributed by atoms with E-state index in [-0.39, 0.29) is 11.6 Å². The van der Waals surface area contributed by atoms with Gasteiger partial charge < -0.3 is 10.6 Å². The van der Waals surface area contributed by atoms with Crippen molar-refractivity contribution in [2.24, 2.45) is 0 Å². The molecule has 0 spiro atoms. The fourth-order valence-electron chi connectivity index (χ4n) is 4.89. The number of rotatable bonds is 5. The van der Waals surface area contributed by atoms with E-state index in [4.69, 9.17) is 0 Å². The number of nitrogens with zero attached hydrogens (tertiary/aromatic N) is 1. The standard InChI is InChI=1S/C22H31N3O2/c1-15-9-11-16(12-10-15)23-19-20(22(27)21(19)26)24-17-7-3-4-8-18(17)25-13-5-2-6-14-25/h9-12,17-20,23-24H,2-8,13-14H2,1H3/t17?,18-,19?,20?/m1/s1. The van der Waals surface area contributed by atoms with Crippen LogP contribution in [0.2, 0.25) is 0 Å². The van der Waals surface area contributed by atoms with Gasteiger partial charge in [-0.3, -0.25) is 14.5 Å². The Hall–Kier alpha value is -1.72. The highest BCUT2D eigenvalue weighted by molar-refractivity contribution is 6.49. The maximum atomic E-state index is 12.3. The van der Waals surface area contributed by atoms with E-state index in [2.05, 4.69) is 15.5 Å². The summed E-state index contributed by atoms with van der Waals surface area (Å²) >= 11 is 0. The van der Waals surface area contributed by atoms with E-state index >= 15 is 0 Å². The zero-order valence-corrected chi connectivity index (χ0v) is 16.2. The predicted molar refractivity (Wildman–Crippen MR) is 107 cm³/mol. The van der Waals surface area contributed by atoms with Crippen LogP contribution in [0.1, 0.15) is 50.5 Å². The molecule has 3 fully saturated rings. The van der Waals surface area contributed by atoms with E-state index in [9.17, 15) is 9.59 Å². The Morgan fingerprint density at radius 3 is 2.26 bits per heavy atom. The summed E-state index contributed by atoms with van der Waals surface area (Å²) in [7, 11) is 0. The lowest BCUT2D eigenvalue weighted by molar-refractivity contribution is -0.146. The fraction of sp³-hybridized carbons (Fsp3) is 0.636. The first-order chi connectivity index (χ1) is 13.1. The molecule has 4 atom stereocenters. The second-order valence-electron chi connectivity index (χ2n) is 8.42. The zero-order chi connectivity index (χ0) is 18.8. The minimum atomic E-state index is -0.441. The van der Waals surface area contributed by atoms with Crippen LogP contribution in [0, 0.1) is 6.92 Å². The number of piperidine rings is 1. The van der Waals surface area contributed by atoms with Crippen LogP contribution < -0.4 is 10.6 Å². The summed E-state index contributed by atoms with van der Waals surface area (Å²) in [5.41, 5.74) is 2.08. The summed E-state index contributed by atoms with van der Waals surface area (Å²) in [5.74, 6) is -0.555. The number of carbonyl (C=O) groups is 2. The van der Waals surface area contributed by atoms with Crippen molar-refractivity contribution in [2.45, 2.75) is 76.0 Å². The first-order valence-electron chi connectivity index (χ1n) is 10.5. The van der Waals surface area contributed by atoms with Gasteiger partial charge in [0, 0.05) is 17.8 Å². The maximum Gasteiger partial charge on any atom is 0.224 e. The van der Waals surface area contributed by atoms with Gasteiger partial charge in [-0.05, 0) is 57.8 Å². The van der Waals surface area contributed by atoms with Gasteiger partial charge in [-0.2, -0.15) is 0 Å². The molecule has 0 bridgehead atoms. The van der Waals surface area contributed by atoms with Crippen LogP contribution >= 0.6 is 0 Å². The Morgan fingerprint density at radius 1 is 0.852 bits per heavy atom. The summed E-state index contributed by atoms with van der Waals surface area (Å²) in [6.45, 7) is 4.38. The zero-order valence-electron chi connectivity index (χ0n) is 16.2. The summed E-state index contributed by atoms with van der Waals surface area (Å²) in [5, 5.41) is 6.86. The monoisotopic (exact) mass is 369 g/mol. The third-order valence-electron chi connectivity index (χ3n) is 6.50. The molecule has 1 heterocycles. The molecule has 2 saturated carbocycles. The van der Waals surface area contributed by atoms with Gasteiger partial charge in [0.15, 0.2) is 0 Å². The molecule has 2 aliphatic carbocycles. The number of carbonyl (C=O) groups excluding carboxylic acids is 2. The first-order valence-corrected chi connectivity index (χ1v) is 10.5. The van der Waals surface area contributed by atoms with Gasteiger partial charge in [0.2, 0.25) is 11.6 Å². The molecule has 3 aliphatic rings. The molecule has 27 heavy (non-hydrogen) atoms. The maximum absolute atomic E-state index is 12.3. The second-order valence-corrected chi connectivity index (χ2v) is 8.42. The number of likely N-dealkylation sites (tertiary alicyclic amines) is 1. The average molecular weight is 370 g/mol. The number of ketones is 2. The van der Waals surface area contributed by atoms with E-state index in [1.54, 1.807) is 0 Å². The van der Waals surface area contributed by atoms with Gasteiger partial charge in [-0.25, -0.2) is 0 Å². The molecule has 2 N–H and O–H groups in total. The second kappa shape index (κ2) is 8.11. The largest absolute Gasteiger partial charge is 0.373 e. The number of nitrogens with one attached hydrogen (secondary N) is 2. The van der Waals surface area contributed by atoms with Gasteiger partial charge in [-0.1, -0.05) is 37.0 Å². The summed E-state index contributed by atoms with van der Waals surface area (Å²) in [6.07, 6.45) is 8.65. The molecule has 1 saturated heterocycles. The normalized spacial score (nSPS) is 32.2. The van der Waals surface area contributed by atoms with E-state index in [0.717, 1.165) is 12.1 Å². The number of Topliss-reactive ketones (excluding diaryl/α,β-unsaturated/α-hetero) is 2. The van der Waals surface area contributed by atoms with Crippen molar-refractivity contribution < 1.29 is 9.59 Å². The molecular formula is C22H31N3O2. The Balaban J connectivity index is 1.43. The van der Waals surface area contributed by atoms with Crippen LogP contribution in [0.3, 0.4) is 0 Å². The SMILES string of the molecule is Cc1ccc(NC2C(=O)C(=O)C2NC2CCCC[C@H]2N2CCCCC2)cc1. The van der Waals surface area contributed by atoms with E-state index in [1.165, 1.54) is 57.2 Å². The van der Waals surface area contributed by atoms with Gasteiger partial charge in [0.05, 0.1) is 0 Å². The molecule has 146 valence electrons. The minimum absolute atomic E-state index is 0.262. The first kappa shape index (κ1) is 18.6. The molecule has 1 aliphatic heterocycles. The fourth-order valence-corrected chi connectivity index (χ4v) is 4.89. The molecule has 1 aromatic carbocycles. The molecule has 0 amide bonds. The Kier molecular flexibility index (Phi) is 5.60. The molecule has 5 heteroatoms. The highest BCUT2D eigenvalue weighted by Gasteiger charge is 2.50. The Morgan fingerprint density at radius 2 is 1.52 bits per heavy atom. The molecule has 3 unspecified atom stereocenters. The van der Waals surface area contributed by atoms with Crippen molar-refractivity contribution in [1.29, 1.82) is 0 Å². The van der Waals surface area contributed by atoms with Crippen LogP contribution in [0.15, 0.2) is 24.3 Å². The predicted octanol–water partition coefficient (Wildman–Crippen LogP) is 2.68. The quantitative estimate of drug-likeness (QED) is 0.782. The van der Waals surface area contributed by atoms with E-state index in [1.807, 2.05) is 31.2 Å². The molecule has 4 rings (SSSR count). The van der Waals surface area contributed by atoms with Crippen LogP contribution in [0.25, 0.3) is 0 Å². The van der Waals surface area contributed by atoms with Gasteiger partial charge in [0.25, 0.3) is 0 Å². The number of benzene rings is 1. The van der Waals surface area contributed by atoms with Crippen molar-refractivity contribution in [3.05, 3.63) is 29.8 Å². The Bertz CT molecular complexity index is 681. The average Bonchev–Trinajstić information content (AvgIpc) is 2.72. The molecule has 5 nitrogen and oxygen atoms in total. The summed E-state index contributed by atoms with van der Waals surface area (Å²) in [6, 6.07) is 7.95. The lowest BCUT2D eigenvalue weighted by Crippen LogP contribution is -2.70. The van der Waals surface area contributed by atoms with Gasteiger partial charge >= 0.3 is 0 Å². The minimum Gasteiger partial charge on any atom is -0.373 e. The van der Waals surface area contributed by atoms with Crippen molar-refractivity contribution >= 4 is 17.3 Å². The van der Waals surface area contributed by atoms with Crippen molar-refractivity contribution in [3.63, 3.8) is 0 Å². The van der Waals surface area contributed by atoms with Crippen LogP contribution in [-0.2, 0) is 9.59 Å². The third kappa shape index (κ3) is 3.94. The van der Waals surface area contributed by atoms with Gasteiger partial charge in [-0.15, -0.1) is 0 Å². The molecular weight excluding hydrogens is 338 g/mol.